The maximum Gasteiger partial charge on any atom is 0.141 e. The Morgan fingerprint density at radius 2 is 1.90 bits per heavy atom. The topological polar surface area (TPSA) is 21.3 Å². The van der Waals surface area contributed by atoms with Crippen molar-refractivity contribution in [3.05, 3.63) is 63.3 Å². The molecule has 0 aliphatic heterocycles. The van der Waals surface area contributed by atoms with Crippen molar-refractivity contribution in [3.63, 3.8) is 0 Å². The lowest BCUT2D eigenvalue weighted by Gasteiger charge is -2.08. The van der Waals surface area contributed by atoms with E-state index < -0.39 is 5.82 Å². The number of nitrogens with one attached hydrogen (secondary N) is 1. The smallest absolute Gasteiger partial charge is 0.141 e. The van der Waals surface area contributed by atoms with Gasteiger partial charge in [0.1, 0.15) is 18.2 Å². The molecule has 0 fully saturated rings. The number of benzene rings is 2. The van der Waals surface area contributed by atoms with Gasteiger partial charge >= 0.3 is 0 Å². The second-order valence-electron chi connectivity index (χ2n) is 4.23. The molecule has 1 N–H and O–H groups in total. The molecule has 2 aromatic carbocycles. The molecular formula is C15H14BrClFNO. The zero-order valence-electron chi connectivity index (χ0n) is 10.7. The summed E-state index contributed by atoms with van der Waals surface area (Å²) in [6.45, 7) is 1.89. The van der Waals surface area contributed by atoms with Gasteiger partial charge in [0.2, 0.25) is 0 Å². The molecule has 5 heteroatoms. The molecule has 0 heterocycles. The number of hydrogen-bond donors (Lipinski definition) is 1. The highest BCUT2D eigenvalue weighted by molar-refractivity contribution is 9.10. The van der Waals surface area contributed by atoms with Gasteiger partial charge in [0.15, 0.2) is 0 Å². The van der Waals surface area contributed by atoms with E-state index in [1.165, 1.54) is 6.07 Å². The fraction of sp³-hybridized carbons (Fsp3) is 0.200. The highest BCUT2D eigenvalue weighted by Crippen LogP contribution is 2.16. The zero-order valence-corrected chi connectivity index (χ0v) is 13.0. The van der Waals surface area contributed by atoms with Crippen LogP contribution >= 0.6 is 27.5 Å². The van der Waals surface area contributed by atoms with Gasteiger partial charge in [-0.05, 0) is 42.0 Å². The van der Waals surface area contributed by atoms with Crippen molar-refractivity contribution in [2.75, 3.05) is 13.2 Å². The van der Waals surface area contributed by atoms with Crippen LogP contribution in [-0.2, 0) is 6.54 Å². The van der Waals surface area contributed by atoms with Crippen LogP contribution in [-0.4, -0.2) is 13.2 Å². The lowest BCUT2D eigenvalue weighted by atomic mass is 10.2. The van der Waals surface area contributed by atoms with Crippen molar-refractivity contribution in [1.82, 2.24) is 5.32 Å². The summed E-state index contributed by atoms with van der Waals surface area (Å²) in [5.41, 5.74) is 0.944. The minimum absolute atomic E-state index is 0.149. The third-order valence-corrected chi connectivity index (χ3v) is 3.49. The quantitative estimate of drug-likeness (QED) is 0.772. The second kappa shape index (κ2) is 7.62. The van der Waals surface area contributed by atoms with E-state index in [-0.39, 0.29) is 5.02 Å². The summed E-state index contributed by atoms with van der Waals surface area (Å²) in [6, 6.07) is 12.4. The van der Waals surface area contributed by atoms with Crippen LogP contribution in [0.15, 0.2) is 46.9 Å². The van der Waals surface area contributed by atoms with Gasteiger partial charge in [-0.1, -0.05) is 33.6 Å². The molecule has 0 radical (unpaired) electrons. The lowest BCUT2D eigenvalue weighted by Crippen LogP contribution is -2.20. The molecule has 0 aliphatic carbocycles. The van der Waals surface area contributed by atoms with Crippen molar-refractivity contribution in [2.45, 2.75) is 6.54 Å². The largest absolute Gasteiger partial charge is 0.492 e. The van der Waals surface area contributed by atoms with Crippen LogP contribution in [0.3, 0.4) is 0 Å². The van der Waals surface area contributed by atoms with Crippen molar-refractivity contribution < 1.29 is 9.13 Å². The summed E-state index contributed by atoms with van der Waals surface area (Å²) in [5.74, 6) is 0.439. The standard InChI is InChI=1S/C15H14BrClFNO/c16-12-2-4-13(5-3-12)20-8-7-19-10-11-1-6-15(18)14(17)9-11/h1-6,9,19H,7-8,10H2. The molecule has 0 amide bonds. The van der Waals surface area contributed by atoms with E-state index in [1.54, 1.807) is 12.1 Å². The van der Waals surface area contributed by atoms with E-state index in [2.05, 4.69) is 21.2 Å². The summed E-state index contributed by atoms with van der Waals surface area (Å²) in [4.78, 5) is 0. The van der Waals surface area contributed by atoms with Crippen molar-refractivity contribution in [1.29, 1.82) is 0 Å². The Morgan fingerprint density at radius 3 is 2.60 bits per heavy atom. The molecule has 106 valence electrons. The predicted octanol–water partition coefficient (Wildman–Crippen LogP) is 4.41. The Labute approximate surface area is 131 Å². The zero-order chi connectivity index (χ0) is 14.4. The van der Waals surface area contributed by atoms with Gasteiger partial charge in [-0.3, -0.25) is 0 Å². The van der Waals surface area contributed by atoms with E-state index >= 15 is 0 Å². The maximum atomic E-state index is 13.0. The molecule has 2 rings (SSSR count). The molecule has 0 saturated heterocycles. The molecule has 0 saturated carbocycles. The van der Waals surface area contributed by atoms with Gasteiger partial charge in [0.25, 0.3) is 0 Å². The van der Waals surface area contributed by atoms with Crippen LogP contribution < -0.4 is 10.1 Å². The van der Waals surface area contributed by atoms with Crippen molar-refractivity contribution >= 4 is 27.5 Å². The number of rotatable bonds is 6. The van der Waals surface area contributed by atoms with E-state index in [9.17, 15) is 4.39 Å². The van der Waals surface area contributed by atoms with Crippen LogP contribution in [0.25, 0.3) is 0 Å². The molecule has 0 aromatic heterocycles. The Hall–Kier alpha value is -1.10. The molecule has 20 heavy (non-hydrogen) atoms. The van der Waals surface area contributed by atoms with Crippen LogP contribution in [0.1, 0.15) is 5.56 Å². The number of hydrogen-bond acceptors (Lipinski definition) is 2. The third-order valence-electron chi connectivity index (χ3n) is 2.67. The van der Waals surface area contributed by atoms with Gasteiger partial charge < -0.3 is 10.1 Å². The fourth-order valence-corrected chi connectivity index (χ4v) is 2.12. The number of halogens is 3. The molecule has 0 unspecified atom stereocenters. The first-order valence-electron chi connectivity index (χ1n) is 6.18. The third kappa shape index (κ3) is 4.78. The average Bonchev–Trinajstić information content (AvgIpc) is 2.44. The first kappa shape index (κ1) is 15.3. The summed E-state index contributed by atoms with van der Waals surface area (Å²) in [5, 5.41) is 3.36. The Morgan fingerprint density at radius 1 is 1.15 bits per heavy atom. The van der Waals surface area contributed by atoms with Crippen molar-refractivity contribution in [2.24, 2.45) is 0 Å². The Kier molecular flexibility index (Phi) is 5.83. The molecule has 0 aliphatic rings. The monoisotopic (exact) mass is 357 g/mol. The maximum absolute atomic E-state index is 13.0. The van der Waals surface area contributed by atoms with E-state index in [1.807, 2.05) is 24.3 Å². The van der Waals surface area contributed by atoms with Crippen molar-refractivity contribution in [3.8, 4) is 5.75 Å². The first-order valence-corrected chi connectivity index (χ1v) is 7.35. The van der Waals surface area contributed by atoms with Gasteiger partial charge in [-0.25, -0.2) is 4.39 Å². The second-order valence-corrected chi connectivity index (χ2v) is 5.55. The fourth-order valence-electron chi connectivity index (χ4n) is 1.65. The summed E-state index contributed by atoms with van der Waals surface area (Å²) < 4.78 is 19.6. The summed E-state index contributed by atoms with van der Waals surface area (Å²) >= 11 is 9.09. The molecular weight excluding hydrogens is 345 g/mol. The Bertz CT molecular complexity index is 562. The summed E-state index contributed by atoms with van der Waals surface area (Å²) in [7, 11) is 0. The van der Waals surface area contributed by atoms with Crippen LogP contribution in [0.5, 0.6) is 5.75 Å². The molecule has 2 nitrogen and oxygen atoms in total. The molecule has 0 bridgehead atoms. The normalized spacial score (nSPS) is 10.6. The van der Waals surface area contributed by atoms with Gasteiger partial charge in [0.05, 0.1) is 5.02 Å². The minimum Gasteiger partial charge on any atom is -0.492 e. The molecule has 0 atom stereocenters. The van der Waals surface area contributed by atoms with Gasteiger partial charge in [-0.15, -0.1) is 0 Å². The van der Waals surface area contributed by atoms with E-state index in [0.717, 1.165) is 15.8 Å². The van der Waals surface area contributed by atoms with E-state index in [4.69, 9.17) is 16.3 Å². The van der Waals surface area contributed by atoms with Crippen LogP contribution in [0.4, 0.5) is 4.39 Å². The van der Waals surface area contributed by atoms with Crippen LogP contribution in [0.2, 0.25) is 5.02 Å². The van der Waals surface area contributed by atoms with E-state index in [0.29, 0.717) is 19.7 Å². The average molecular weight is 359 g/mol. The molecule has 2 aromatic rings. The SMILES string of the molecule is Fc1ccc(CNCCOc2ccc(Br)cc2)cc1Cl. The first-order chi connectivity index (χ1) is 9.65. The van der Waals surface area contributed by atoms with Gasteiger partial charge in [-0.2, -0.15) is 0 Å². The summed E-state index contributed by atoms with van der Waals surface area (Å²) in [6.07, 6.45) is 0. The Balaban J connectivity index is 1.68. The number of ether oxygens (including phenoxy) is 1. The highest BCUT2D eigenvalue weighted by Gasteiger charge is 2.00. The highest BCUT2D eigenvalue weighted by atomic mass is 79.9. The van der Waals surface area contributed by atoms with Gasteiger partial charge in [0, 0.05) is 17.6 Å². The lowest BCUT2D eigenvalue weighted by molar-refractivity contribution is 0.313. The predicted molar refractivity (Wildman–Crippen MR) is 82.8 cm³/mol. The minimum atomic E-state index is -0.394. The molecule has 0 spiro atoms. The van der Waals surface area contributed by atoms with Crippen LogP contribution in [0, 0.1) is 5.82 Å².